The van der Waals surface area contributed by atoms with Gasteiger partial charge in [0.05, 0.1) is 0 Å². The Hall–Kier alpha value is -1.45. The third-order valence-electron chi connectivity index (χ3n) is 5.12. The largest absolute Gasteiger partial charge is 0.294 e. The second kappa shape index (κ2) is 7.84. The minimum atomic E-state index is 0.310. The first-order valence-electron chi connectivity index (χ1n) is 8.93. The summed E-state index contributed by atoms with van der Waals surface area (Å²) in [6.45, 7) is 0. The van der Waals surface area contributed by atoms with E-state index < -0.39 is 0 Å². The van der Waals surface area contributed by atoms with Gasteiger partial charge in [0.1, 0.15) is 0 Å². The maximum absolute atomic E-state index is 12.7. The molecule has 2 aromatic rings. The van der Waals surface area contributed by atoms with Crippen LogP contribution in [-0.2, 0) is 16.3 Å². The van der Waals surface area contributed by atoms with Gasteiger partial charge in [0.2, 0.25) is 0 Å². The van der Waals surface area contributed by atoms with Crippen molar-refractivity contribution >= 4 is 29.3 Å². The van der Waals surface area contributed by atoms with Gasteiger partial charge in [0.25, 0.3) is 0 Å². The van der Waals surface area contributed by atoms with Gasteiger partial charge in [-0.15, -0.1) is 23.5 Å². The highest BCUT2D eigenvalue weighted by atomic mass is 32.2. The lowest BCUT2D eigenvalue weighted by molar-refractivity contribution is -0.118. The van der Waals surface area contributed by atoms with Crippen molar-refractivity contribution in [2.24, 2.45) is 11.8 Å². The Morgan fingerprint density at radius 1 is 0.800 bits per heavy atom. The van der Waals surface area contributed by atoms with Crippen molar-refractivity contribution in [3.63, 3.8) is 0 Å². The SMILES string of the molecule is O=C1C(=C(SCc2ccccc2)SCc2ccccc2)[C@H]2CC[C@@H]1C2. The molecule has 0 spiro atoms. The zero-order chi connectivity index (χ0) is 17.1. The van der Waals surface area contributed by atoms with E-state index in [9.17, 15) is 4.79 Å². The lowest BCUT2D eigenvalue weighted by Gasteiger charge is -2.18. The van der Waals surface area contributed by atoms with Crippen LogP contribution in [-0.4, -0.2) is 5.78 Å². The molecule has 2 aromatic carbocycles. The van der Waals surface area contributed by atoms with Crippen molar-refractivity contribution in [1.82, 2.24) is 0 Å². The molecule has 0 saturated heterocycles. The molecule has 2 atom stereocenters. The normalized spacial score (nSPS) is 21.8. The van der Waals surface area contributed by atoms with Gasteiger partial charge in [0.15, 0.2) is 5.78 Å². The van der Waals surface area contributed by atoms with Gasteiger partial charge >= 0.3 is 0 Å². The maximum atomic E-state index is 12.7. The number of benzene rings is 2. The number of rotatable bonds is 6. The summed E-state index contributed by atoms with van der Waals surface area (Å²) in [5, 5.41) is 0. The molecule has 0 unspecified atom stereocenters. The van der Waals surface area contributed by atoms with Gasteiger partial charge in [-0.3, -0.25) is 4.79 Å². The topological polar surface area (TPSA) is 17.1 Å². The van der Waals surface area contributed by atoms with Crippen LogP contribution in [0.3, 0.4) is 0 Å². The van der Waals surface area contributed by atoms with E-state index >= 15 is 0 Å². The summed E-state index contributed by atoms with van der Waals surface area (Å²) in [6, 6.07) is 21.1. The highest BCUT2D eigenvalue weighted by molar-refractivity contribution is 8.21. The molecule has 2 aliphatic rings. The Kier molecular flexibility index (Phi) is 5.33. The van der Waals surface area contributed by atoms with Gasteiger partial charge in [-0.2, -0.15) is 0 Å². The van der Waals surface area contributed by atoms with Crippen LogP contribution in [0.1, 0.15) is 30.4 Å². The van der Waals surface area contributed by atoms with Crippen LogP contribution in [0.25, 0.3) is 0 Å². The molecule has 1 nitrogen and oxygen atoms in total. The summed E-state index contributed by atoms with van der Waals surface area (Å²) in [5.41, 5.74) is 3.79. The van der Waals surface area contributed by atoms with Crippen molar-refractivity contribution in [1.29, 1.82) is 0 Å². The first-order chi connectivity index (χ1) is 12.3. The van der Waals surface area contributed by atoms with E-state index in [4.69, 9.17) is 0 Å². The van der Waals surface area contributed by atoms with E-state index in [1.54, 1.807) is 0 Å². The molecular weight excluding hydrogens is 344 g/mol. The Morgan fingerprint density at radius 2 is 1.32 bits per heavy atom. The molecule has 25 heavy (non-hydrogen) atoms. The van der Waals surface area contributed by atoms with E-state index in [0.717, 1.165) is 29.9 Å². The maximum Gasteiger partial charge on any atom is 0.163 e. The first-order valence-corrected chi connectivity index (χ1v) is 10.9. The Labute approximate surface area is 158 Å². The Morgan fingerprint density at radius 3 is 1.80 bits per heavy atom. The third-order valence-corrected chi connectivity index (χ3v) is 7.75. The minimum absolute atomic E-state index is 0.310. The second-order valence-corrected chi connectivity index (χ2v) is 9.05. The summed E-state index contributed by atoms with van der Waals surface area (Å²) < 4.78 is 1.27. The van der Waals surface area contributed by atoms with Crippen LogP contribution < -0.4 is 0 Å². The van der Waals surface area contributed by atoms with Crippen molar-refractivity contribution in [3.05, 3.63) is 81.6 Å². The van der Waals surface area contributed by atoms with Crippen LogP contribution in [0.4, 0.5) is 0 Å². The molecule has 2 aliphatic carbocycles. The van der Waals surface area contributed by atoms with Gasteiger partial charge in [-0.25, -0.2) is 0 Å². The number of allylic oxidation sites excluding steroid dienone is 1. The van der Waals surface area contributed by atoms with E-state index in [1.807, 2.05) is 23.5 Å². The zero-order valence-electron chi connectivity index (χ0n) is 14.2. The number of hydrogen-bond donors (Lipinski definition) is 0. The van der Waals surface area contributed by atoms with Crippen LogP contribution in [0.5, 0.6) is 0 Å². The smallest absolute Gasteiger partial charge is 0.163 e. The van der Waals surface area contributed by atoms with Crippen molar-refractivity contribution < 1.29 is 4.79 Å². The molecular formula is C22H22OS2. The number of Topliss-reactive ketones (excluding diaryl/α,β-unsaturated/α-hetero) is 1. The summed E-state index contributed by atoms with van der Waals surface area (Å²) in [6.07, 6.45) is 3.40. The molecule has 0 aromatic heterocycles. The van der Waals surface area contributed by atoms with Crippen LogP contribution in [0.15, 0.2) is 70.5 Å². The number of carbonyl (C=O) groups excluding carboxylic acids is 1. The third kappa shape index (κ3) is 3.88. The molecule has 2 fully saturated rings. The fourth-order valence-electron chi connectivity index (χ4n) is 3.81. The number of thioether (sulfide) groups is 2. The molecule has 2 saturated carbocycles. The Bertz CT molecular complexity index is 722. The molecule has 2 bridgehead atoms. The average Bonchev–Trinajstić information content (AvgIpc) is 3.25. The van der Waals surface area contributed by atoms with Gasteiger partial charge in [-0.1, -0.05) is 60.7 Å². The number of ketones is 1. The summed E-state index contributed by atoms with van der Waals surface area (Å²) in [7, 11) is 0. The fraction of sp³-hybridized carbons (Fsp3) is 0.318. The van der Waals surface area contributed by atoms with Crippen molar-refractivity contribution in [3.8, 4) is 0 Å². The first kappa shape index (κ1) is 17.0. The molecule has 0 radical (unpaired) electrons. The summed E-state index contributed by atoms with van der Waals surface area (Å²) >= 11 is 3.71. The highest BCUT2D eigenvalue weighted by Crippen LogP contribution is 2.51. The quantitative estimate of drug-likeness (QED) is 0.578. The molecule has 0 heterocycles. The van der Waals surface area contributed by atoms with Gasteiger partial charge in [0, 0.05) is 27.2 Å². The Balaban J connectivity index is 1.54. The molecule has 4 rings (SSSR count). The van der Waals surface area contributed by atoms with Crippen LogP contribution in [0, 0.1) is 11.8 Å². The molecule has 3 heteroatoms. The molecule has 0 aliphatic heterocycles. The van der Waals surface area contributed by atoms with E-state index in [2.05, 4.69) is 60.7 Å². The predicted molar refractivity (Wildman–Crippen MR) is 108 cm³/mol. The highest BCUT2D eigenvalue weighted by Gasteiger charge is 2.44. The number of carbonyl (C=O) groups is 1. The molecule has 0 amide bonds. The van der Waals surface area contributed by atoms with E-state index in [0.29, 0.717) is 17.6 Å². The van der Waals surface area contributed by atoms with Crippen molar-refractivity contribution in [2.45, 2.75) is 30.8 Å². The standard InChI is InChI=1S/C22H22OS2/c23-21-19-12-11-18(13-19)20(21)22(24-14-16-7-3-1-4-8-16)25-15-17-9-5-2-6-10-17/h1-10,18-19H,11-15H2/t18-,19+/m0/s1. The van der Waals surface area contributed by atoms with Crippen molar-refractivity contribution in [2.75, 3.05) is 0 Å². The predicted octanol–water partition coefficient (Wildman–Crippen LogP) is 6.06. The lowest BCUT2D eigenvalue weighted by Crippen LogP contribution is -2.13. The average molecular weight is 367 g/mol. The van der Waals surface area contributed by atoms with Crippen LogP contribution in [0.2, 0.25) is 0 Å². The van der Waals surface area contributed by atoms with E-state index in [-0.39, 0.29) is 0 Å². The molecule has 0 N–H and O–H groups in total. The lowest BCUT2D eigenvalue weighted by atomic mass is 9.95. The number of hydrogen-bond acceptors (Lipinski definition) is 3. The number of fused-ring (bicyclic) bond motifs is 2. The summed E-state index contributed by atoms with van der Waals surface area (Å²) in [4.78, 5) is 12.7. The van der Waals surface area contributed by atoms with Crippen LogP contribution >= 0.6 is 23.5 Å². The van der Waals surface area contributed by atoms with Gasteiger partial charge in [-0.05, 0) is 36.3 Å². The summed E-state index contributed by atoms with van der Waals surface area (Å²) in [5.74, 6) is 3.13. The zero-order valence-corrected chi connectivity index (χ0v) is 15.8. The fourth-order valence-corrected chi connectivity index (χ4v) is 6.33. The second-order valence-electron chi connectivity index (χ2n) is 6.82. The minimum Gasteiger partial charge on any atom is -0.294 e. The molecule has 128 valence electrons. The van der Waals surface area contributed by atoms with E-state index in [1.165, 1.54) is 21.8 Å². The monoisotopic (exact) mass is 366 g/mol. The van der Waals surface area contributed by atoms with Gasteiger partial charge < -0.3 is 0 Å².